The van der Waals surface area contributed by atoms with E-state index in [0.29, 0.717) is 12.1 Å². The van der Waals surface area contributed by atoms with Crippen LogP contribution in [0.15, 0.2) is 59.6 Å². The van der Waals surface area contributed by atoms with Gasteiger partial charge in [0, 0.05) is 51.9 Å². The molecule has 5 nitrogen and oxygen atoms in total. The Morgan fingerprint density at radius 1 is 1.03 bits per heavy atom. The second-order valence-corrected chi connectivity index (χ2v) is 8.88. The van der Waals surface area contributed by atoms with E-state index in [-0.39, 0.29) is 24.0 Å². The van der Waals surface area contributed by atoms with Crippen molar-refractivity contribution in [3.63, 3.8) is 0 Å². The Morgan fingerprint density at radius 2 is 1.66 bits per heavy atom. The van der Waals surface area contributed by atoms with Crippen LogP contribution < -0.4 is 10.6 Å². The molecule has 0 aromatic heterocycles. The molecule has 1 saturated heterocycles. The van der Waals surface area contributed by atoms with E-state index in [9.17, 15) is 0 Å². The van der Waals surface area contributed by atoms with Crippen molar-refractivity contribution < 1.29 is 0 Å². The van der Waals surface area contributed by atoms with E-state index in [2.05, 4.69) is 101 Å². The molecule has 3 rings (SSSR count). The van der Waals surface area contributed by atoms with Gasteiger partial charge in [-0.15, -0.1) is 24.0 Å². The third kappa shape index (κ3) is 8.37. The Hall–Kier alpha value is -1.64. The monoisotopic (exact) mass is 549 g/mol. The summed E-state index contributed by atoms with van der Waals surface area (Å²) in [5.74, 6) is 0.897. The summed E-state index contributed by atoms with van der Waals surface area (Å²) in [5.41, 5.74) is 4.10. The lowest BCUT2D eigenvalue weighted by atomic mass is 10.0. The highest BCUT2D eigenvalue weighted by Gasteiger charge is 2.20. The van der Waals surface area contributed by atoms with Crippen molar-refractivity contribution >= 4 is 29.9 Å². The van der Waals surface area contributed by atoms with E-state index < -0.39 is 0 Å². The van der Waals surface area contributed by atoms with E-state index in [1.54, 1.807) is 0 Å². The van der Waals surface area contributed by atoms with Crippen molar-refractivity contribution in [2.75, 3.05) is 27.2 Å². The van der Waals surface area contributed by atoms with Crippen LogP contribution >= 0.6 is 24.0 Å². The Labute approximate surface area is 211 Å². The van der Waals surface area contributed by atoms with Crippen molar-refractivity contribution in [1.29, 1.82) is 0 Å². The molecule has 6 heteroatoms. The van der Waals surface area contributed by atoms with Gasteiger partial charge < -0.3 is 10.6 Å². The van der Waals surface area contributed by atoms with Crippen molar-refractivity contribution in [3.05, 3.63) is 71.3 Å². The third-order valence-electron chi connectivity index (χ3n) is 6.27. The predicted molar refractivity (Wildman–Crippen MR) is 147 cm³/mol. The number of rotatable bonds is 8. The normalized spacial score (nSPS) is 15.6. The fourth-order valence-electron chi connectivity index (χ4n) is 3.98. The number of likely N-dealkylation sites (tertiary alicyclic amines) is 1. The third-order valence-corrected chi connectivity index (χ3v) is 6.27. The van der Waals surface area contributed by atoms with Crippen LogP contribution in [-0.2, 0) is 19.6 Å². The Kier molecular flexibility index (Phi) is 11.5. The first-order chi connectivity index (χ1) is 15.0. The molecule has 0 bridgehead atoms. The molecule has 0 saturated carbocycles. The summed E-state index contributed by atoms with van der Waals surface area (Å²) < 4.78 is 0. The second-order valence-electron chi connectivity index (χ2n) is 8.88. The highest BCUT2D eigenvalue weighted by atomic mass is 127. The molecule has 1 aliphatic rings. The maximum atomic E-state index is 4.47. The number of nitrogens with one attached hydrogen (secondary N) is 2. The fraction of sp³-hybridized carbons (Fsp3) is 0.500. The molecule has 0 amide bonds. The molecule has 1 aliphatic heterocycles. The van der Waals surface area contributed by atoms with Crippen LogP contribution in [0.4, 0.5) is 0 Å². The van der Waals surface area contributed by atoms with Gasteiger partial charge in [0.25, 0.3) is 0 Å². The second kappa shape index (κ2) is 13.8. The highest BCUT2D eigenvalue weighted by Crippen LogP contribution is 2.15. The number of piperidine rings is 1. The minimum atomic E-state index is 0. The SMILES string of the molecule is CN=C(NCc1ccccc1CN(C)C(C)C)NC1CCN(Cc2ccccc2)CC1.I. The van der Waals surface area contributed by atoms with Crippen LogP contribution in [-0.4, -0.2) is 55.0 Å². The van der Waals surface area contributed by atoms with Crippen LogP contribution in [0.1, 0.15) is 43.4 Å². The fourth-order valence-corrected chi connectivity index (χ4v) is 3.98. The summed E-state index contributed by atoms with van der Waals surface area (Å²) in [6, 6.07) is 20.5. The zero-order valence-corrected chi connectivity index (χ0v) is 22.4. The lowest BCUT2D eigenvalue weighted by molar-refractivity contribution is 0.198. The molecule has 2 aromatic rings. The van der Waals surface area contributed by atoms with E-state index in [1.807, 2.05) is 7.05 Å². The van der Waals surface area contributed by atoms with Crippen molar-refractivity contribution in [2.24, 2.45) is 4.99 Å². The summed E-state index contributed by atoms with van der Waals surface area (Å²) in [4.78, 5) is 9.39. The lowest BCUT2D eigenvalue weighted by Crippen LogP contribution is -2.48. The summed E-state index contributed by atoms with van der Waals surface area (Å²) in [5, 5.41) is 7.17. The quantitative estimate of drug-likeness (QED) is 0.290. The molecular formula is C26H40IN5. The maximum absolute atomic E-state index is 4.47. The molecule has 0 atom stereocenters. The first kappa shape index (κ1) is 26.6. The molecule has 0 radical (unpaired) electrons. The van der Waals surface area contributed by atoms with Gasteiger partial charge in [-0.25, -0.2) is 0 Å². The molecule has 2 aromatic carbocycles. The number of hydrogen-bond acceptors (Lipinski definition) is 3. The van der Waals surface area contributed by atoms with Gasteiger partial charge >= 0.3 is 0 Å². The molecule has 1 heterocycles. The predicted octanol–water partition coefficient (Wildman–Crippen LogP) is 4.47. The smallest absolute Gasteiger partial charge is 0.191 e. The number of nitrogens with zero attached hydrogens (tertiary/aromatic N) is 3. The van der Waals surface area contributed by atoms with Gasteiger partial charge in [0.05, 0.1) is 0 Å². The van der Waals surface area contributed by atoms with E-state index in [0.717, 1.165) is 51.5 Å². The van der Waals surface area contributed by atoms with Crippen molar-refractivity contribution in [1.82, 2.24) is 20.4 Å². The molecule has 0 spiro atoms. The Morgan fingerprint density at radius 3 is 2.28 bits per heavy atom. The molecule has 32 heavy (non-hydrogen) atoms. The molecule has 176 valence electrons. The summed E-state index contributed by atoms with van der Waals surface area (Å²) in [6.07, 6.45) is 2.28. The van der Waals surface area contributed by atoms with Crippen molar-refractivity contribution in [2.45, 2.75) is 58.4 Å². The number of aliphatic imine (C=N–C) groups is 1. The van der Waals surface area contributed by atoms with E-state index in [1.165, 1.54) is 16.7 Å². The minimum absolute atomic E-state index is 0. The molecular weight excluding hydrogens is 509 g/mol. The Balaban J connectivity index is 0.00000363. The van der Waals surface area contributed by atoms with Gasteiger partial charge in [-0.3, -0.25) is 14.8 Å². The summed E-state index contributed by atoms with van der Waals surface area (Å²) in [7, 11) is 4.04. The number of guanidine groups is 1. The minimum Gasteiger partial charge on any atom is -0.354 e. The highest BCUT2D eigenvalue weighted by molar-refractivity contribution is 14.0. The van der Waals surface area contributed by atoms with Gasteiger partial charge in [-0.05, 0) is 50.4 Å². The topological polar surface area (TPSA) is 42.9 Å². The number of hydrogen-bond donors (Lipinski definition) is 2. The van der Waals surface area contributed by atoms with Crippen molar-refractivity contribution in [3.8, 4) is 0 Å². The van der Waals surface area contributed by atoms with E-state index >= 15 is 0 Å². The standard InChI is InChI=1S/C26H39N5.HI/c1-21(2)30(4)20-24-13-9-8-12-23(24)18-28-26(27-3)29-25-14-16-31(17-15-25)19-22-10-6-5-7-11-22;/h5-13,21,25H,14-20H2,1-4H3,(H2,27,28,29);1H. The maximum Gasteiger partial charge on any atom is 0.191 e. The summed E-state index contributed by atoms with van der Waals surface area (Å²) >= 11 is 0. The molecule has 2 N–H and O–H groups in total. The van der Waals surface area contributed by atoms with Crippen LogP contribution in [0.25, 0.3) is 0 Å². The number of benzene rings is 2. The number of halogens is 1. The van der Waals surface area contributed by atoms with Gasteiger partial charge in [-0.1, -0.05) is 54.6 Å². The zero-order chi connectivity index (χ0) is 22.1. The average molecular weight is 550 g/mol. The van der Waals surface area contributed by atoms with E-state index in [4.69, 9.17) is 0 Å². The van der Waals surface area contributed by atoms with Gasteiger partial charge in [0.2, 0.25) is 0 Å². The van der Waals surface area contributed by atoms with Gasteiger partial charge in [0.15, 0.2) is 5.96 Å². The van der Waals surface area contributed by atoms with Gasteiger partial charge in [-0.2, -0.15) is 0 Å². The first-order valence-electron chi connectivity index (χ1n) is 11.6. The Bertz CT molecular complexity index is 816. The van der Waals surface area contributed by atoms with Crippen LogP contribution in [0.5, 0.6) is 0 Å². The summed E-state index contributed by atoms with van der Waals surface area (Å²) in [6.45, 7) is 9.50. The molecule has 0 aliphatic carbocycles. The molecule has 1 fully saturated rings. The van der Waals surface area contributed by atoms with Crippen LogP contribution in [0, 0.1) is 0 Å². The van der Waals surface area contributed by atoms with Crippen LogP contribution in [0.3, 0.4) is 0 Å². The molecule has 0 unspecified atom stereocenters. The largest absolute Gasteiger partial charge is 0.354 e. The zero-order valence-electron chi connectivity index (χ0n) is 20.1. The van der Waals surface area contributed by atoms with Crippen LogP contribution in [0.2, 0.25) is 0 Å². The first-order valence-corrected chi connectivity index (χ1v) is 11.6. The average Bonchev–Trinajstić information content (AvgIpc) is 2.79. The van der Waals surface area contributed by atoms with Gasteiger partial charge in [0.1, 0.15) is 0 Å². The lowest BCUT2D eigenvalue weighted by Gasteiger charge is -2.33.